The summed E-state index contributed by atoms with van der Waals surface area (Å²) in [6.07, 6.45) is 25.8. The van der Waals surface area contributed by atoms with Crippen LogP contribution in [0.2, 0.25) is 0 Å². The van der Waals surface area contributed by atoms with Crippen LogP contribution in [0.1, 0.15) is 129 Å². The Kier molecular flexibility index (Phi) is 13.6. The van der Waals surface area contributed by atoms with Crippen molar-refractivity contribution >= 4 is 5.97 Å². The zero-order chi connectivity index (χ0) is 19.8. The summed E-state index contributed by atoms with van der Waals surface area (Å²) in [6.45, 7) is 6.18. The van der Waals surface area contributed by atoms with Crippen molar-refractivity contribution in [1.29, 1.82) is 0 Å². The second-order valence-corrected chi connectivity index (χ2v) is 8.97. The molecule has 0 radical (unpaired) electrons. The fourth-order valence-electron chi connectivity index (χ4n) is 4.23. The molecule has 158 valence electrons. The van der Waals surface area contributed by atoms with Crippen molar-refractivity contribution < 1.29 is 9.53 Å². The molecule has 1 saturated carbocycles. The van der Waals surface area contributed by atoms with Crippen LogP contribution in [0.25, 0.3) is 0 Å². The molecule has 0 heterocycles. The summed E-state index contributed by atoms with van der Waals surface area (Å²) in [6, 6.07) is 0. The van der Waals surface area contributed by atoms with Gasteiger partial charge in [0.25, 0.3) is 0 Å². The van der Waals surface area contributed by atoms with Gasteiger partial charge < -0.3 is 4.74 Å². The van der Waals surface area contributed by atoms with Gasteiger partial charge in [-0.1, -0.05) is 110 Å². The molecular formula is C25H46O2. The maximum atomic E-state index is 11.5. The molecule has 1 aliphatic rings. The van der Waals surface area contributed by atoms with Crippen LogP contribution >= 0.6 is 0 Å². The minimum atomic E-state index is -0.224. The van der Waals surface area contributed by atoms with E-state index in [4.69, 9.17) is 4.74 Å². The Hall–Kier alpha value is -0.790. The second-order valence-electron chi connectivity index (χ2n) is 8.97. The molecule has 0 N–H and O–H groups in total. The van der Waals surface area contributed by atoms with Gasteiger partial charge in [0.1, 0.15) is 0 Å². The van der Waals surface area contributed by atoms with Crippen LogP contribution in [-0.4, -0.2) is 13.1 Å². The van der Waals surface area contributed by atoms with E-state index in [9.17, 15) is 4.79 Å². The van der Waals surface area contributed by atoms with E-state index >= 15 is 0 Å². The molecule has 0 aromatic rings. The first-order valence-electron chi connectivity index (χ1n) is 11.9. The molecule has 0 bridgehead atoms. The molecule has 2 nitrogen and oxygen atoms in total. The number of unbranched alkanes of at least 4 members (excludes halogenated alkanes) is 14. The monoisotopic (exact) mass is 378 g/mol. The molecule has 0 spiro atoms. The smallest absolute Gasteiger partial charge is 0.333 e. The number of hydrogen-bond donors (Lipinski definition) is 0. The Bertz CT molecular complexity index is 395. The van der Waals surface area contributed by atoms with Crippen LogP contribution in [0.3, 0.4) is 0 Å². The van der Waals surface area contributed by atoms with Crippen LogP contribution in [0.15, 0.2) is 12.2 Å². The standard InChI is InChI=1S/C25H46O2/c1-4-5-6-7-8-9-10-11-12-13-14-15-16-17-18-19-25(20-21-25)22-23(2)24(26)27-3/h2,4-22H2,1,3H3. The molecule has 1 rings (SSSR count). The van der Waals surface area contributed by atoms with Gasteiger partial charge >= 0.3 is 5.97 Å². The summed E-state index contributed by atoms with van der Waals surface area (Å²) >= 11 is 0. The minimum absolute atomic E-state index is 0.224. The third-order valence-corrected chi connectivity index (χ3v) is 6.33. The lowest BCUT2D eigenvalue weighted by molar-refractivity contribution is -0.136. The van der Waals surface area contributed by atoms with Crippen LogP contribution in [0, 0.1) is 5.41 Å². The zero-order valence-electron chi connectivity index (χ0n) is 18.5. The molecule has 27 heavy (non-hydrogen) atoms. The molecule has 0 saturated heterocycles. The third kappa shape index (κ3) is 12.3. The van der Waals surface area contributed by atoms with Crippen molar-refractivity contribution in [3.63, 3.8) is 0 Å². The Morgan fingerprint density at radius 2 is 1.19 bits per heavy atom. The zero-order valence-corrected chi connectivity index (χ0v) is 18.5. The van der Waals surface area contributed by atoms with Gasteiger partial charge in [-0.2, -0.15) is 0 Å². The molecule has 0 aliphatic heterocycles. The van der Waals surface area contributed by atoms with Gasteiger partial charge in [-0.25, -0.2) is 4.79 Å². The molecule has 0 amide bonds. The normalized spacial score (nSPS) is 14.9. The van der Waals surface area contributed by atoms with Crippen LogP contribution in [0.4, 0.5) is 0 Å². The highest BCUT2D eigenvalue weighted by Crippen LogP contribution is 2.54. The molecule has 0 atom stereocenters. The predicted octanol–water partition coefficient (Wildman–Crippen LogP) is 8.15. The number of methoxy groups -OCH3 is 1. The Balaban J connectivity index is 1.83. The summed E-state index contributed by atoms with van der Waals surface area (Å²) in [5, 5.41) is 0. The van der Waals surface area contributed by atoms with Gasteiger partial charge in [-0.3, -0.25) is 0 Å². The topological polar surface area (TPSA) is 26.3 Å². The van der Waals surface area contributed by atoms with E-state index in [1.807, 2.05) is 0 Å². The number of ether oxygens (including phenoxy) is 1. The quantitative estimate of drug-likeness (QED) is 0.129. The van der Waals surface area contributed by atoms with Crippen molar-refractivity contribution in [2.75, 3.05) is 7.11 Å². The lowest BCUT2D eigenvalue weighted by atomic mass is 9.91. The number of esters is 1. The van der Waals surface area contributed by atoms with E-state index in [0.717, 1.165) is 6.42 Å². The molecular weight excluding hydrogens is 332 g/mol. The number of rotatable bonds is 19. The van der Waals surface area contributed by atoms with E-state index < -0.39 is 0 Å². The van der Waals surface area contributed by atoms with Gasteiger partial charge in [0.15, 0.2) is 0 Å². The van der Waals surface area contributed by atoms with Crippen LogP contribution in [0.5, 0.6) is 0 Å². The van der Waals surface area contributed by atoms with E-state index in [2.05, 4.69) is 13.5 Å². The third-order valence-electron chi connectivity index (χ3n) is 6.33. The minimum Gasteiger partial charge on any atom is -0.466 e. The first kappa shape index (κ1) is 24.2. The fraction of sp³-hybridized carbons (Fsp3) is 0.880. The van der Waals surface area contributed by atoms with Gasteiger partial charge in [0.05, 0.1) is 7.11 Å². The predicted molar refractivity (Wildman–Crippen MR) is 117 cm³/mol. The van der Waals surface area contributed by atoms with E-state index in [1.54, 1.807) is 0 Å². The van der Waals surface area contributed by atoms with Crippen molar-refractivity contribution in [3.05, 3.63) is 12.2 Å². The Morgan fingerprint density at radius 3 is 1.56 bits per heavy atom. The number of carbonyl (C=O) groups excluding carboxylic acids is 1. The molecule has 0 unspecified atom stereocenters. The second kappa shape index (κ2) is 15.2. The van der Waals surface area contributed by atoms with Gasteiger partial charge in [0, 0.05) is 5.57 Å². The highest BCUT2D eigenvalue weighted by atomic mass is 16.5. The molecule has 0 aromatic heterocycles. The lowest BCUT2D eigenvalue weighted by Gasteiger charge is -2.15. The lowest BCUT2D eigenvalue weighted by Crippen LogP contribution is -2.10. The van der Waals surface area contributed by atoms with Crippen molar-refractivity contribution in [3.8, 4) is 0 Å². The molecule has 1 fully saturated rings. The van der Waals surface area contributed by atoms with Crippen LogP contribution < -0.4 is 0 Å². The van der Waals surface area contributed by atoms with Gasteiger partial charge in [-0.15, -0.1) is 0 Å². The van der Waals surface area contributed by atoms with Crippen molar-refractivity contribution in [1.82, 2.24) is 0 Å². The van der Waals surface area contributed by atoms with Crippen molar-refractivity contribution in [2.45, 2.75) is 129 Å². The molecule has 1 aliphatic carbocycles. The summed E-state index contributed by atoms with van der Waals surface area (Å²) in [5.74, 6) is -0.224. The van der Waals surface area contributed by atoms with Gasteiger partial charge in [-0.05, 0) is 31.1 Å². The fourth-order valence-corrected chi connectivity index (χ4v) is 4.23. The summed E-state index contributed by atoms with van der Waals surface area (Å²) in [5.41, 5.74) is 1.05. The van der Waals surface area contributed by atoms with E-state index in [1.165, 1.54) is 123 Å². The molecule has 2 heteroatoms. The Morgan fingerprint density at radius 1 is 0.778 bits per heavy atom. The van der Waals surface area contributed by atoms with Gasteiger partial charge in [0.2, 0.25) is 0 Å². The average molecular weight is 379 g/mol. The van der Waals surface area contributed by atoms with Crippen LogP contribution in [-0.2, 0) is 9.53 Å². The van der Waals surface area contributed by atoms with E-state index in [-0.39, 0.29) is 5.97 Å². The summed E-state index contributed by atoms with van der Waals surface area (Å²) < 4.78 is 4.78. The largest absolute Gasteiger partial charge is 0.466 e. The SMILES string of the molecule is C=C(CC1(CCCCCCCCCCCCCCCCC)CC1)C(=O)OC. The number of carbonyl (C=O) groups is 1. The first-order chi connectivity index (χ1) is 13.1. The van der Waals surface area contributed by atoms with E-state index in [0.29, 0.717) is 11.0 Å². The van der Waals surface area contributed by atoms with Crippen molar-refractivity contribution in [2.24, 2.45) is 5.41 Å². The molecule has 0 aromatic carbocycles. The summed E-state index contributed by atoms with van der Waals surface area (Å²) in [4.78, 5) is 11.5. The highest BCUT2D eigenvalue weighted by molar-refractivity contribution is 5.87. The first-order valence-corrected chi connectivity index (χ1v) is 11.9. The number of hydrogen-bond acceptors (Lipinski definition) is 2. The highest BCUT2D eigenvalue weighted by Gasteiger charge is 2.42. The maximum Gasteiger partial charge on any atom is 0.333 e. The Labute approximate surface area is 169 Å². The maximum absolute atomic E-state index is 11.5. The average Bonchev–Trinajstić information content (AvgIpc) is 3.43. The summed E-state index contributed by atoms with van der Waals surface area (Å²) in [7, 11) is 1.45.